The summed E-state index contributed by atoms with van der Waals surface area (Å²) in [6.45, 7) is 0.753. The molecule has 2 aromatic heterocycles. The molecule has 4 heterocycles. The molecule has 2 amide bonds. The SMILES string of the molecule is COC(=O)c1c2c(c(O)c3ncccc13)C(=O)N(Cc1ccc(F)cc1)C2.COC(=O)c1c2c(c(OC(c3ccccc3)c3ccccc3)c3ncccc13)C(=O)N(Cc1ccc(F)cc1)C2. The zero-order valence-corrected chi connectivity index (χ0v) is 36.1. The Morgan fingerprint density at radius 3 is 1.51 bits per heavy atom. The number of phenolic OH excluding ortho intramolecular Hbond substituents is 1. The first-order valence-corrected chi connectivity index (χ1v) is 21.1. The number of methoxy groups -OCH3 is 2. The molecule has 0 saturated carbocycles. The van der Waals surface area contributed by atoms with E-state index >= 15 is 0 Å². The van der Waals surface area contributed by atoms with E-state index in [0.29, 0.717) is 38.7 Å². The molecule has 334 valence electrons. The predicted molar refractivity (Wildman–Crippen MR) is 243 cm³/mol. The number of nitrogens with zero attached hydrogens (tertiary/aromatic N) is 4. The summed E-state index contributed by atoms with van der Waals surface area (Å²) in [5.74, 6) is -2.52. The lowest BCUT2D eigenvalue weighted by molar-refractivity contribution is 0.0592. The third kappa shape index (κ3) is 8.36. The number of fused-ring (bicyclic) bond motifs is 4. The van der Waals surface area contributed by atoms with Gasteiger partial charge in [0.1, 0.15) is 28.8 Å². The fourth-order valence-corrected chi connectivity index (χ4v) is 8.65. The topological polar surface area (TPSA) is 148 Å². The second-order valence-electron chi connectivity index (χ2n) is 15.8. The number of halogens is 2. The van der Waals surface area contributed by atoms with Crippen LogP contribution in [0.15, 0.2) is 146 Å². The van der Waals surface area contributed by atoms with E-state index in [2.05, 4.69) is 9.97 Å². The van der Waals surface area contributed by atoms with E-state index in [1.807, 2.05) is 60.7 Å². The Labute approximate surface area is 382 Å². The summed E-state index contributed by atoms with van der Waals surface area (Å²) in [7, 11) is 2.58. The van der Waals surface area contributed by atoms with Gasteiger partial charge in [-0.15, -0.1) is 0 Å². The normalized spacial score (nSPS) is 12.8. The first kappa shape index (κ1) is 43.7. The smallest absolute Gasteiger partial charge is 0.338 e. The lowest BCUT2D eigenvalue weighted by Crippen LogP contribution is -2.23. The van der Waals surface area contributed by atoms with Crippen LogP contribution in [-0.2, 0) is 35.7 Å². The van der Waals surface area contributed by atoms with Gasteiger partial charge in [0.25, 0.3) is 11.8 Å². The van der Waals surface area contributed by atoms with Gasteiger partial charge in [-0.25, -0.2) is 18.4 Å². The van der Waals surface area contributed by atoms with Gasteiger partial charge in [0.2, 0.25) is 0 Å². The molecule has 12 nitrogen and oxygen atoms in total. The van der Waals surface area contributed by atoms with Crippen molar-refractivity contribution in [3.63, 3.8) is 0 Å². The monoisotopic (exact) mass is 898 g/mol. The van der Waals surface area contributed by atoms with Gasteiger partial charge in [0.15, 0.2) is 11.5 Å². The van der Waals surface area contributed by atoms with Gasteiger partial charge in [0, 0.05) is 60.5 Å². The molecule has 2 aliphatic rings. The van der Waals surface area contributed by atoms with E-state index < -0.39 is 23.9 Å². The number of benzene rings is 6. The van der Waals surface area contributed by atoms with Crippen molar-refractivity contribution < 1.29 is 47.3 Å². The van der Waals surface area contributed by atoms with Crippen molar-refractivity contribution in [1.29, 1.82) is 0 Å². The molecule has 8 aromatic rings. The molecule has 10 rings (SSSR count). The maximum absolute atomic E-state index is 14.0. The average molecular weight is 899 g/mol. The van der Waals surface area contributed by atoms with Crippen LogP contribution in [0.25, 0.3) is 21.8 Å². The van der Waals surface area contributed by atoms with Crippen molar-refractivity contribution in [2.45, 2.75) is 32.3 Å². The maximum Gasteiger partial charge on any atom is 0.338 e. The number of pyridine rings is 2. The van der Waals surface area contributed by atoms with Gasteiger partial charge >= 0.3 is 11.9 Å². The van der Waals surface area contributed by atoms with Crippen LogP contribution in [-0.4, -0.2) is 62.8 Å². The van der Waals surface area contributed by atoms with Crippen LogP contribution in [0.1, 0.15) is 80.9 Å². The molecule has 0 saturated heterocycles. The van der Waals surface area contributed by atoms with Crippen LogP contribution in [0.5, 0.6) is 11.5 Å². The van der Waals surface area contributed by atoms with E-state index in [4.69, 9.17) is 14.2 Å². The third-order valence-electron chi connectivity index (χ3n) is 11.8. The molecule has 1 N–H and O–H groups in total. The highest BCUT2D eigenvalue weighted by molar-refractivity contribution is 6.16. The fourth-order valence-electron chi connectivity index (χ4n) is 8.65. The van der Waals surface area contributed by atoms with E-state index in [0.717, 1.165) is 22.3 Å². The molecule has 2 aliphatic heterocycles. The summed E-state index contributed by atoms with van der Waals surface area (Å²) >= 11 is 0. The van der Waals surface area contributed by atoms with Crippen molar-refractivity contribution in [2.24, 2.45) is 0 Å². The number of aromatic nitrogens is 2. The van der Waals surface area contributed by atoms with Crippen molar-refractivity contribution in [1.82, 2.24) is 19.8 Å². The van der Waals surface area contributed by atoms with Gasteiger partial charge in [-0.3, -0.25) is 19.6 Å². The zero-order valence-electron chi connectivity index (χ0n) is 36.1. The molecule has 0 radical (unpaired) electrons. The van der Waals surface area contributed by atoms with Crippen molar-refractivity contribution in [3.05, 3.63) is 213 Å². The summed E-state index contributed by atoms with van der Waals surface area (Å²) in [5.41, 5.74) is 5.66. The lowest BCUT2D eigenvalue weighted by atomic mass is 9.96. The Bertz CT molecular complexity index is 3170. The van der Waals surface area contributed by atoms with Crippen LogP contribution >= 0.6 is 0 Å². The Morgan fingerprint density at radius 2 is 1.03 bits per heavy atom. The number of carbonyl (C=O) groups excluding carboxylic acids is 4. The van der Waals surface area contributed by atoms with Gasteiger partial charge in [-0.05, 0) is 58.7 Å². The van der Waals surface area contributed by atoms with Gasteiger partial charge < -0.3 is 29.1 Å². The number of carbonyl (C=O) groups is 4. The van der Waals surface area contributed by atoms with Crippen molar-refractivity contribution in [2.75, 3.05) is 14.2 Å². The molecule has 0 fully saturated rings. The van der Waals surface area contributed by atoms with E-state index in [9.17, 15) is 33.1 Å². The molecule has 0 atom stereocenters. The minimum atomic E-state index is -0.597. The van der Waals surface area contributed by atoms with Crippen LogP contribution < -0.4 is 4.74 Å². The number of amides is 2. The summed E-state index contributed by atoms with van der Waals surface area (Å²) in [6.07, 6.45) is 2.54. The van der Waals surface area contributed by atoms with Gasteiger partial charge in [-0.2, -0.15) is 0 Å². The van der Waals surface area contributed by atoms with Crippen molar-refractivity contribution in [3.8, 4) is 11.5 Å². The number of hydrogen-bond donors (Lipinski definition) is 1. The number of hydrogen-bond acceptors (Lipinski definition) is 10. The molecule has 0 bridgehead atoms. The molecule has 67 heavy (non-hydrogen) atoms. The maximum atomic E-state index is 14.0. The summed E-state index contributed by atoms with van der Waals surface area (Å²) < 4.78 is 43.5. The molecule has 0 spiro atoms. The molecular formula is C53H40F2N4O8. The van der Waals surface area contributed by atoms with Crippen LogP contribution in [0.2, 0.25) is 0 Å². The Balaban J connectivity index is 0.000000181. The lowest BCUT2D eigenvalue weighted by Gasteiger charge is -2.23. The molecular weight excluding hydrogens is 859 g/mol. The molecule has 0 aliphatic carbocycles. The largest absolute Gasteiger partial charge is 0.505 e. The number of phenols is 1. The molecule has 14 heteroatoms. The van der Waals surface area contributed by atoms with E-state index in [1.165, 1.54) is 49.6 Å². The molecule has 0 unspecified atom stereocenters. The number of rotatable bonds is 10. The Kier molecular flexibility index (Phi) is 12.1. The highest BCUT2D eigenvalue weighted by atomic mass is 19.1. The van der Waals surface area contributed by atoms with E-state index in [1.54, 1.807) is 59.6 Å². The minimum absolute atomic E-state index is 0.0590. The summed E-state index contributed by atoms with van der Waals surface area (Å²) in [6, 6.07) is 38.1. The number of aromatic hydroxyl groups is 1. The van der Waals surface area contributed by atoms with E-state index in [-0.39, 0.29) is 71.7 Å². The van der Waals surface area contributed by atoms with Crippen LogP contribution in [0.3, 0.4) is 0 Å². The highest BCUT2D eigenvalue weighted by Gasteiger charge is 2.39. The number of ether oxygens (including phenoxy) is 3. The standard InChI is InChI=1S/C33H25FN2O4.C20H15FN2O4/c1-39-33(38)27-25-13-8-18-35-29(25)31(40-30(22-9-4-2-5-10-22)23-11-6-3-7-12-23)28-26(27)20-36(32(28)37)19-21-14-16-24(34)17-15-21;1-27-20(26)15-13-3-2-8-22-17(13)18(24)16-14(15)10-23(19(16)25)9-11-4-6-12(21)7-5-11/h2-18,30H,19-20H2,1H3;2-8,24H,9-10H2,1H3. The number of esters is 2. The van der Waals surface area contributed by atoms with Crippen LogP contribution in [0.4, 0.5) is 8.78 Å². The highest BCUT2D eigenvalue weighted by Crippen LogP contribution is 2.44. The summed E-state index contributed by atoms with van der Waals surface area (Å²) in [5, 5.41) is 11.6. The minimum Gasteiger partial charge on any atom is -0.505 e. The first-order chi connectivity index (χ1) is 32.6. The fraction of sp³-hybridized carbons (Fsp3) is 0.132. The Morgan fingerprint density at radius 1 is 0.597 bits per heavy atom. The third-order valence-corrected chi connectivity index (χ3v) is 11.8. The van der Waals surface area contributed by atoms with Crippen molar-refractivity contribution >= 4 is 45.6 Å². The first-order valence-electron chi connectivity index (χ1n) is 21.1. The van der Waals surface area contributed by atoms with Crippen LogP contribution in [0, 0.1) is 11.6 Å². The zero-order chi connectivity index (χ0) is 46.8. The predicted octanol–water partition coefficient (Wildman–Crippen LogP) is 9.51. The second kappa shape index (κ2) is 18.5. The average Bonchev–Trinajstić information content (AvgIpc) is 3.86. The summed E-state index contributed by atoms with van der Waals surface area (Å²) in [4.78, 5) is 64.3. The molecule has 6 aromatic carbocycles. The second-order valence-corrected chi connectivity index (χ2v) is 15.8. The quantitative estimate of drug-likeness (QED) is 0.132. The Hall–Kier alpha value is -8.52. The van der Waals surface area contributed by atoms with Gasteiger partial charge in [-0.1, -0.05) is 97.1 Å². The van der Waals surface area contributed by atoms with Gasteiger partial charge in [0.05, 0.1) is 36.5 Å².